The molecule has 9 nitrogen and oxygen atoms in total. The van der Waals surface area contributed by atoms with E-state index in [1.54, 1.807) is 49.2 Å². The second kappa shape index (κ2) is 7.32. The topological polar surface area (TPSA) is 103 Å². The monoisotopic (exact) mass is 368 g/mol. The molecular formula is C18H20N6O3. The maximum absolute atomic E-state index is 12.7. The van der Waals surface area contributed by atoms with Gasteiger partial charge in [-0.3, -0.25) is 19.0 Å². The van der Waals surface area contributed by atoms with E-state index in [1.165, 1.54) is 18.0 Å². The lowest BCUT2D eigenvalue weighted by Gasteiger charge is -2.10. The summed E-state index contributed by atoms with van der Waals surface area (Å²) in [5.41, 5.74) is 2.28. The van der Waals surface area contributed by atoms with Crippen molar-refractivity contribution in [3.63, 3.8) is 0 Å². The number of hydrogen-bond donors (Lipinski definition) is 2. The Morgan fingerprint density at radius 1 is 0.963 bits per heavy atom. The molecule has 0 saturated carbocycles. The first-order chi connectivity index (χ1) is 12.9. The van der Waals surface area contributed by atoms with Crippen LogP contribution in [0.3, 0.4) is 0 Å². The van der Waals surface area contributed by atoms with Crippen LogP contribution in [0.1, 0.15) is 26.5 Å². The molecule has 2 heterocycles. The molecule has 0 aliphatic rings. The molecule has 0 atom stereocenters. The number of benzene rings is 1. The molecule has 0 aliphatic carbocycles. The van der Waals surface area contributed by atoms with Gasteiger partial charge in [0, 0.05) is 14.1 Å². The first kappa shape index (κ1) is 18.2. The number of aromatic nitrogens is 4. The van der Waals surface area contributed by atoms with Crippen molar-refractivity contribution in [1.82, 2.24) is 19.6 Å². The molecule has 9 heteroatoms. The van der Waals surface area contributed by atoms with Crippen LogP contribution in [0.25, 0.3) is 0 Å². The van der Waals surface area contributed by atoms with Crippen LogP contribution in [0.5, 0.6) is 5.75 Å². The zero-order valence-corrected chi connectivity index (χ0v) is 15.5. The molecule has 0 radical (unpaired) electrons. The van der Waals surface area contributed by atoms with Crippen molar-refractivity contribution in [2.45, 2.75) is 6.92 Å². The highest BCUT2D eigenvalue weighted by Gasteiger charge is 2.21. The van der Waals surface area contributed by atoms with Crippen LogP contribution in [-0.4, -0.2) is 38.5 Å². The minimum Gasteiger partial charge on any atom is -0.496 e. The number of methoxy groups -OCH3 is 1. The molecule has 0 unspecified atom stereocenters. The predicted octanol–water partition coefficient (Wildman–Crippen LogP) is 1.98. The fourth-order valence-corrected chi connectivity index (χ4v) is 2.62. The molecule has 3 rings (SSSR count). The number of para-hydroxylation sites is 1. The summed E-state index contributed by atoms with van der Waals surface area (Å²) in [6.07, 6.45) is 3.00. The van der Waals surface area contributed by atoms with Gasteiger partial charge in [0.1, 0.15) is 11.4 Å². The van der Waals surface area contributed by atoms with Crippen LogP contribution in [0.15, 0.2) is 36.7 Å². The summed E-state index contributed by atoms with van der Waals surface area (Å²) >= 11 is 0. The van der Waals surface area contributed by atoms with E-state index in [4.69, 9.17) is 4.74 Å². The lowest BCUT2D eigenvalue weighted by atomic mass is 10.2. The predicted molar refractivity (Wildman–Crippen MR) is 100 cm³/mol. The average Bonchev–Trinajstić information content (AvgIpc) is 3.18. The number of carbonyl (C=O) groups excluding carboxylic acids is 2. The van der Waals surface area contributed by atoms with Crippen LogP contribution in [0, 0.1) is 6.92 Å². The zero-order chi connectivity index (χ0) is 19.6. The number of hydrogen-bond acceptors (Lipinski definition) is 5. The summed E-state index contributed by atoms with van der Waals surface area (Å²) in [7, 11) is 4.91. The molecule has 140 valence electrons. The lowest BCUT2D eigenvalue weighted by molar-refractivity contribution is 0.101. The van der Waals surface area contributed by atoms with Crippen molar-refractivity contribution in [2.75, 3.05) is 17.7 Å². The Kier molecular flexibility index (Phi) is 4.93. The first-order valence-corrected chi connectivity index (χ1v) is 8.18. The van der Waals surface area contributed by atoms with Gasteiger partial charge in [-0.05, 0) is 19.1 Å². The van der Waals surface area contributed by atoms with Gasteiger partial charge in [0.15, 0.2) is 0 Å². The van der Waals surface area contributed by atoms with E-state index in [0.717, 1.165) is 5.69 Å². The van der Waals surface area contributed by atoms with Gasteiger partial charge in [-0.25, -0.2) is 0 Å². The number of nitrogens with one attached hydrogen (secondary N) is 2. The minimum atomic E-state index is -0.401. The molecule has 0 spiro atoms. The maximum atomic E-state index is 12.7. The summed E-state index contributed by atoms with van der Waals surface area (Å²) in [6, 6.07) is 6.84. The fourth-order valence-electron chi connectivity index (χ4n) is 2.62. The number of rotatable bonds is 5. The summed E-state index contributed by atoms with van der Waals surface area (Å²) in [4.78, 5) is 25.4. The van der Waals surface area contributed by atoms with Crippen molar-refractivity contribution in [3.05, 3.63) is 53.6 Å². The second-order valence-corrected chi connectivity index (χ2v) is 5.91. The van der Waals surface area contributed by atoms with Gasteiger partial charge in [-0.2, -0.15) is 10.2 Å². The van der Waals surface area contributed by atoms with Crippen LogP contribution in [0.2, 0.25) is 0 Å². The summed E-state index contributed by atoms with van der Waals surface area (Å²) in [5.74, 6) is -0.357. The van der Waals surface area contributed by atoms with E-state index in [-0.39, 0.29) is 5.69 Å². The Labute approximate surface area is 155 Å². The standard InChI is InChI=1S/C18H20N6O3/c1-11-13(9-19-23(11)2)21-18(26)16-14(10-20-24(16)3)22-17(25)12-7-5-6-8-15(12)27-4/h5-10H,1-4H3,(H,21,26)(H,22,25). The largest absolute Gasteiger partial charge is 0.496 e. The lowest BCUT2D eigenvalue weighted by Crippen LogP contribution is -2.20. The van der Waals surface area contributed by atoms with Gasteiger partial charge in [0.05, 0.1) is 42.1 Å². The van der Waals surface area contributed by atoms with Crippen molar-refractivity contribution in [2.24, 2.45) is 14.1 Å². The van der Waals surface area contributed by atoms with E-state index < -0.39 is 11.8 Å². The zero-order valence-electron chi connectivity index (χ0n) is 15.5. The van der Waals surface area contributed by atoms with Gasteiger partial charge < -0.3 is 15.4 Å². The van der Waals surface area contributed by atoms with Crippen molar-refractivity contribution in [3.8, 4) is 5.75 Å². The Morgan fingerprint density at radius 3 is 2.26 bits per heavy atom. The van der Waals surface area contributed by atoms with Crippen LogP contribution >= 0.6 is 0 Å². The SMILES string of the molecule is COc1ccccc1C(=O)Nc1cnn(C)c1C(=O)Nc1cnn(C)c1C. The highest BCUT2D eigenvalue weighted by atomic mass is 16.5. The molecule has 2 amide bonds. The van der Waals surface area contributed by atoms with Crippen LogP contribution < -0.4 is 15.4 Å². The van der Waals surface area contributed by atoms with Crippen molar-refractivity contribution in [1.29, 1.82) is 0 Å². The molecule has 3 aromatic rings. The highest BCUT2D eigenvalue weighted by Crippen LogP contribution is 2.22. The molecule has 27 heavy (non-hydrogen) atoms. The van der Waals surface area contributed by atoms with E-state index >= 15 is 0 Å². The molecule has 1 aromatic carbocycles. The van der Waals surface area contributed by atoms with Crippen molar-refractivity contribution < 1.29 is 14.3 Å². The van der Waals surface area contributed by atoms with Gasteiger partial charge in [0.2, 0.25) is 0 Å². The van der Waals surface area contributed by atoms with Gasteiger partial charge >= 0.3 is 0 Å². The van der Waals surface area contributed by atoms with Crippen molar-refractivity contribution >= 4 is 23.2 Å². The normalized spacial score (nSPS) is 10.5. The summed E-state index contributed by atoms with van der Waals surface area (Å²) < 4.78 is 8.27. The summed E-state index contributed by atoms with van der Waals surface area (Å²) in [6.45, 7) is 1.84. The van der Waals surface area contributed by atoms with Crippen LogP contribution in [0.4, 0.5) is 11.4 Å². The third-order valence-electron chi connectivity index (χ3n) is 4.24. The quantitative estimate of drug-likeness (QED) is 0.717. The maximum Gasteiger partial charge on any atom is 0.276 e. The second-order valence-electron chi connectivity index (χ2n) is 5.91. The Morgan fingerprint density at radius 2 is 1.59 bits per heavy atom. The van der Waals surface area contributed by atoms with E-state index in [1.807, 2.05) is 6.92 Å². The molecule has 2 N–H and O–H groups in total. The number of aryl methyl sites for hydroxylation is 2. The Bertz CT molecular complexity index is 1000. The van der Waals surface area contributed by atoms with Gasteiger partial charge in [0.25, 0.3) is 11.8 Å². The molecule has 2 aromatic heterocycles. The fraction of sp³-hybridized carbons (Fsp3) is 0.222. The minimum absolute atomic E-state index is 0.224. The van der Waals surface area contributed by atoms with E-state index in [0.29, 0.717) is 22.7 Å². The third kappa shape index (κ3) is 3.52. The first-order valence-electron chi connectivity index (χ1n) is 8.18. The molecule has 0 saturated heterocycles. The number of ether oxygens (including phenoxy) is 1. The Balaban J connectivity index is 1.85. The highest BCUT2D eigenvalue weighted by molar-refractivity contribution is 6.12. The molecule has 0 bridgehead atoms. The van der Waals surface area contributed by atoms with E-state index in [9.17, 15) is 9.59 Å². The summed E-state index contributed by atoms with van der Waals surface area (Å²) in [5, 5.41) is 13.7. The van der Waals surface area contributed by atoms with Gasteiger partial charge in [-0.15, -0.1) is 0 Å². The number of amides is 2. The smallest absolute Gasteiger partial charge is 0.276 e. The Hall–Kier alpha value is -3.62. The molecular weight excluding hydrogens is 348 g/mol. The van der Waals surface area contributed by atoms with Crippen LogP contribution in [-0.2, 0) is 14.1 Å². The third-order valence-corrected chi connectivity index (χ3v) is 4.24. The van der Waals surface area contributed by atoms with E-state index in [2.05, 4.69) is 20.8 Å². The van der Waals surface area contributed by atoms with Gasteiger partial charge in [-0.1, -0.05) is 12.1 Å². The average molecular weight is 368 g/mol. The number of anilines is 2. The molecule has 0 fully saturated rings. The number of carbonyl (C=O) groups is 2. The number of nitrogens with zero attached hydrogens (tertiary/aromatic N) is 4. The molecule has 0 aliphatic heterocycles.